The van der Waals surface area contributed by atoms with E-state index in [0.29, 0.717) is 12.5 Å². The lowest BCUT2D eigenvalue weighted by Gasteiger charge is -2.24. The molecule has 2 aromatic heterocycles. The zero-order valence-electron chi connectivity index (χ0n) is 16.1. The van der Waals surface area contributed by atoms with Gasteiger partial charge in [-0.25, -0.2) is 4.98 Å². The van der Waals surface area contributed by atoms with E-state index in [9.17, 15) is 0 Å². The molecule has 1 saturated heterocycles. The molecule has 142 valence electrons. The topological polar surface area (TPSA) is 68.1 Å². The molecule has 27 heavy (non-hydrogen) atoms. The fourth-order valence-corrected chi connectivity index (χ4v) is 3.27. The van der Waals surface area contributed by atoms with Gasteiger partial charge in [0, 0.05) is 27.2 Å². The van der Waals surface area contributed by atoms with Crippen LogP contribution in [-0.2, 0) is 11.3 Å². The smallest absolute Gasteiger partial charge is 0.228 e. The lowest BCUT2D eigenvalue weighted by atomic mass is 10.1. The highest BCUT2D eigenvalue weighted by Crippen LogP contribution is 2.29. The third kappa shape index (κ3) is 3.73. The molecular formula is C20H26N6O. The van der Waals surface area contributed by atoms with Crippen LogP contribution in [0.1, 0.15) is 36.6 Å². The number of aromatic nitrogens is 4. The quantitative estimate of drug-likeness (QED) is 0.745. The molecule has 0 radical (unpaired) electrons. The molecule has 7 heteroatoms. The number of hydrogen-bond donors (Lipinski definition) is 1. The molecule has 1 atom stereocenters. The second-order valence-corrected chi connectivity index (χ2v) is 7.25. The van der Waals surface area contributed by atoms with Gasteiger partial charge >= 0.3 is 0 Å². The first-order chi connectivity index (χ1) is 13.1. The summed E-state index contributed by atoms with van der Waals surface area (Å²) in [4.78, 5) is 15.9. The lowest BCUT2D eigenvalue weighted by molar-refractivity contribution is -0.0298. The fourth-order valence-electron chi connectivity index (χ4n) is 3.27. The van der Waals surface area contributed by atoms with Crippen molar-refractivity contribution >= 4 is 22.9 Å². The third-order valence-electron chi connectivity index (χ3n) is 4.86. The molecule has 0 bridgehead atoms. The van der Waals surface area contributed by atoms with Crippen LogP contribution in [0.15, 0.2) is 30.6 Å². The highest BCUT2D eigenvalue weighted by Gasteiger charge is 2.21. The molecule has 0 aliphatic carbocycles. The number of benzene rings is 1. The number of fused-ring (bicyclic) bond motifs is 1. The van der Waals surface area contributed by atoms with Crippen LogP contribution >= 0.6 is 0 Å². The van der Waals surface area contributed by atoms with Gasteiger partial charge in [0.2, 0.25) is 5.95 Å². The van der Waals surface area contributed by atoms with Gasteiger partial charge in [0.1, 0.15) is 6.23 Å². The summed E-state index contributed by atoms with van der Waals surface area (Å²) >= 11 is 0. The van der Waals surface area contributed by atoms with Crippen molar-refractivity contribution in [1.29, 1.82) is 0 Å². The SMILES string of the molecule is Cc1ccc(CNc2nc(N(C)C)nc3c2ncn3C2CCCCO2)cc1. The van der Waals surface area contributed by atoms with Crippen molar-refractivity contribution in [2.45, 2.75) is 39.0 Å². The maximum absolute atomic E-state index is 5.94. The lowest BCUT2D eigenvalue weighted by Crippen LogP contribution is -2.19. The van der Waals surface area contributed by atoms with Crippen molar-refractivity contribution in [1.82, 2.24) is 19.5 Å². The highest BCUT2D eigenvalue weighted by atomic mass is 16.5. The third-order valence-corrected chi connectivity index (χ3v) is 4.86. The van der Waals surface area contributed by atoms with E-state index in [1.54, 1.807) is 0 Å². The van der Waals surface area contributed by atoms with Gasteiger partial charge in [-0.15, -0.1) is 0 Å². The Hall–Kier alpha value is -2.67. The number of nitrogens with zero attached hydrogens (tertiary/aromatic N) is 5. The zero-order valence-corrected chi connectivity index (χ0v) is 16.1. The van der Waals surface area contributed by atoms with Crippen LogP contribution in [0.5, 0.6) is 0 Å². The van der Waals surface area contributed by atoms with Crippen molar-refractivity contribution < 1.29 is 4.74 Å². The van der Waals surface area contributed by atoms with E-state index in [0.717, 1.165) is 42.9 Å². The van der Waals surface area contributed by atoms with Crippen LogP contribution in [0.4, 0.5) is 11.8 Å². The van der Waals surface area contributed by atoms with E-state index in [1.165, 1.54) is 11.1 Å². The van der Waals surface area contributed by atoms with Crippen molar-refractivity contribution in [3.8, 4) is 0 Å². The Morgan fingerprint density at radius 3 is 2.70 bits per heavy atom. The highest BCUT2D eigenvalue weighted by molar-refractivity contribution is 5.84. The van der Waals surface area contributed by atoms with Gasteiger partial charge in [-0.1, -0.05) is 29.8 Å². The molecule has 1 unspecified atom stereocenters. The molecule has 0 amide bonds. The summed E-state index contributed by atoms with van der Waals surface area (Å²) in [6, 6.07) is 8.49. The predicted octanol–water partition coefficient (Wildman–Crippen LogP) is 3.51. The summed E-state index contributed by atoms with van der Waals surface area (Å²) in [6.45, 7) is 3.56. The summed E-state index contributed by atoms with van der Waals surface area (Å²) in [5.41, 5.74) is 4.05. The van der Waals surface area contributed by atoms with Crippen molar-refractivity contribution in [2.75, 3.05) is 30.9 Å². The number of imidazole rings is 1. The number of aryl methyl sites for hydroxylation is 1. The van der Waals surface area contributed by atoms with E-state index < -0.39 is 0 Å². The van der Waals surface area contributed by atoms with E-state index in [4.69, 9.17) is 9.72 Å². The minimum atomic E-state index is -0.00129. The van der Waals surface area contributed by atoms with Crippen LogP contribution in [0.2, 0.25) is 0 Å². The van der Waals surface area contributed by atoms with Gasteiger partial charge in [0.25, 0.3) is 0 Å². The first-order valence-electron chi connectivity index (χ1n) is 9.45. The normalized spacial score (nSPS) is 17.2. The monoisotopic (exact) mass is 366 g/mol. The van der Waals surface area contributed by atoms with Gasteiger partial charge in [0.05, 0.1) is 6.33 Å². The van der Waals surface area contributed by atoms with Gasteiger partial charge < -0.3 is 15.0 Å². The summed E-state index contributed by atoms with van der Waals surface area (Å²) in [7, 11) is 3.89. The predicted molar refractivity (Wildman–Crippen MR) is 107 cm³/mol. The maximum Gasteiger partial charge on any atom is 0.228 e. The minimum absolute atomic E-state index is 0.00129. The first-order valence-corrected chi connectivity index (χ1v) is 9.45. The van der Waals surface area contributed by atoms with E-state index in [2.05, 4.69) is 46.5 Å². The fraction of sp³-hybridized carbons (Fsp3) is 0.450. The largest absolute Gasteiger partial charge is 0.364 e. The van der Waals surface area contributed by atoms with E-state index in [-0.39, 0.29) is 6.23 Å². The second-order valence-electron chi connectivity index (χ2n) is 7.25. The van der Waals surface area contributed by atoms with Crippen LogP contribution in [-0.4, -0.2) is 40.2 Å². The number of anilines is 2. The summed E-state index contributed by atoms with van der Waals surface area (Å²) in [5, 5.41) is 3.44. The second kappa shape index (κ2) is 7.52. The van der Waals surface area contributed by atoms with Crippen LogP contribution in [0.25, 0.3) is 11.2 Å². The van der Waals surface area contributed by atoms with Crippen LogP contribution in [0, 0.1) is 6.92 Å². The Morgan fingerprint density at radius 1 is 1.19 bits per heavy atom. The molecule has 1 N–H and O–H groups in total. The Morgan fingerprint density at radius 2 is 2.00 bits per heavy atom. The first kappa shape index (κ1) is 17.7. The zero-order chi connectivity index (χ0) is 18.8. The Balaban J connectivity index is 1.68. The maximum atomic E-state index is 5.94. The van der Waals surface area contributed by atoms with Gasteiger partial charge in [-0.05, 0) is 31.7 Å². The Labute approximate surface area is 159 Å². The molecule has 3 aromatic rings. The molecule has 1 aliphatic heterocycles. The molecule has 1 aliphatic rings. The van der Waals surface area contributed by atoms with Crippen molar-refractivity contribution in [2.24, 2.45) is 0 Å². The molecule has 0 spiro atoms. The van der Waals surface area contributed by atoms with E-state index in [1.807, 2.05) is 29.9 Å². The Bertz CT molecular complexity index is 912. The van der Waals surface area contributed by atoms with Gasteiger partial charge in [-0.2, -0.15) is 9.97 Å². The number of nitrogens with one attached hydrogen (secondary N) is 1. The van der Waals surface area contributed by atoms with Crippen molar-refractivity contribution in [3.63, 3.8) is 0 Å². The average molecular weight is 366 g/mol. The molecule has 4 rings (SSSR count). The number of rotatable bonds is 5. The van der Waals surface area contributed by atoms with Gasteiger partial charge in [-0.3, -0.25) is 4.57 Å². The van der Waals surface area contributed by atoms with Crippen molar-refractivity contribution in [3.05, 3.63) is 41.7 Å². The molecule has 1 fully saturated rings. The molecule has 0 saturated carbocycles. The molecule has 7 nitrogen and oxygen atoms in total. The number of ether oxygens (including phenoxy) is 1. The molecule has 1 aromatic carbocycles. The summed E-state index contributed by atoms with van der Waals surface area (Å²) < 4.78 is 7.98. The molecular weight excluding hydrogens is 340 g/mol. The standard InChI is InChI=1S/C20H26N6O/c1-14-7-9-15(10-8-14)12-21-18-17-19(24-20(23-18)25(2)3)26(13-22-17)16-6-4-5-11-27-16/h7-10,13,16H,4-6,11-12H2,1-3H3,(H,21,23,24). The van der Waals surface area contributed by atoms with Crippen LogP contribution < -0.4 is 10.2 Å². The summed E-state index contributed by atoms with van der Waals surface area (Å²) in [5.74, 6) is 1.41. The minimum Gasteiger partial charge on any atom is -0.364 e. The molecule has 3 heterocycles. The number of hydrogen-bond acceptors (Lipinski definition) is 6. The van der Waals surface area contributed by atoms with Gasteiger partial charge in [0.15, 0.2) is 17.0 Å². The Kier molecular flexibility index (Phi) is 4.94. The van der Waals surface area contributed by atoms with Crippen LogP contribution in [0.3, 0.4) is 0 Å². The average Bonchev–Trinajstić information content (AvgIpc) is 3.12. The summed E-state index contributed by atoms with van der Waals surface area (Å²) in [6.07, 6.45) is 5.09. The van der Waals surface area contributed by atoms with E-state index >= 15 is 0 Å².